The molecule has 1 aliphatic heterocycles. The molecule has 0 saturated carbocycles. The topological polar surface area (TPSA) is 38.5 Å². The molecule has 2 N–H and O–H groups in total. The average molecular weight is 174 g/mol. The zero-order chi connectivity index (χ0) is 9.40. The first-order valence-electron chi connectivity index (χ1n) is 4.83. The highest BCUT2D eigenvalue weighted by Gasteiger charge is 2.18. The predicted octanol–water partition coefficient (Wildman–Crippen LogP) is 0.692. The Morgan fingerprint density at radius 1 is 1.50 bits per heavy atom. The first-order chi connectivity index (χ1) is 5.83. The van der Waals surface area contributed by atoms with Crippen LogP contribution >= 0.6 is 0 Å². The molecule has 0 aliphatic carbocycles. The van der Waals surface area contributed by atoms with Crippen molar-refractivity contribution in [2.45, 2.75) is 26.4 Å². The Hall–Kier alpha value is -0.120. The monoisotopic (exact) mass is 174 g/mol. The fraction of sp³-hybridized carbons (Fsp3) is 1.00. The summed E-state index contributed by atoms with van der Waals surface area (Å²) in [5.41, 5.74) is 5.30. The Balaban J connectivity index is 0.000000561. The van der Waals surface area contributed by atoms with Crippen molar-refractivity contribution in [1.29, 1.82) is 0 Å². The van der Waals surface area contributed by atoms with Crippen LogP contribution in [0.1, 0.15) is 20.3 Å². The molecule has 1 rings (SSSR count). The molecule has 3 nitrogen and oxygen atoms in total. The van der Waals surface area contributed by atoms with E-state index in [4.69, 9.17) is 10.5 Å². The van der Waals surface area contributed by atoms with Gasteiger partial charge < -0.3 is 15.4 Å². The summed E-state index contributed by atoms with van der Waals surface area (Å²) in [4.78, 5) is 2.28. The Morgan fingerprint density at radius 2 is 2.17 bits per heavy atom. The number of likely N-dealkylation sites (tertiary alicyclic amines) is 1. The van der Waals surface area contributed by atoms with Crippen LogP contribution in [0.5, 0.6) is 0 Å². The largest absolute Gasteiger partial charge is 0.376 e. The number of hydrogen-bond donors (Lipinski definition) is 1. The number of nitrogens with two attached hydrogens (primary N) is 1. The summed E-state index contributed by atoms with van der Waals surface area (Å²) in [6.07, 6.45) is 1.60. The molecule has 0 amide bonds. The van der Waals surface area contributed by atoms with Crippen molar-refractivity contribution in [3.8, 4) is 0 Å². The number of ether oxygens (including phenoxy) is 1. The molecule has 1 atom stereocenters. The molecule has 0 aromatic heterocycles. The van der Waals surface area contributed by atoms with Gasteiger partial charge in [0.2, 0.25) is 0 Å². The molecule has 1 saturated heterocycles. The molecule has 12 heavy (non-hydrogen) atoms. The molecule has 1 unspecified atom stereocenters. The van der Waals surface area contributed by atoms with E-state index in [-0.39, 0.29) is 0 Å². The average Bonchev–Trinajstić information content (AvgIpc) is 2.51. The molecule has 74 valence electrons. The van der Waals surface area contributed by atoms with E-state index in [0.717, 1.165) is 19.5 Å². The van der Waals surface area contributed by atoms with Crippen molar-refractivity contribution in [2.24, 2.45) is 5.73 Å². The van der Waals surface area contributed by atoms with Crippen LogP contribution in [0, 0.1) is 0 Å². The summed E-state index contributed by atoms with van der Waals surface area (Å²) >= 11 is 0. The molecule has 1 aliphatic rings. The molecule has 0 aromatic carbocycles. The first kappa shape index (κ1) is 11.9. The van der Waals surface area contributed by atoms with E-state index >= 15 is 0 Å². The Bertz CT molecular complexity index is 98.5. The van der Waals surface area contributed by atoms with Gasteiger partial charge in [-0.2, -0.15) is 0 Å². The Morgan fingerprint density at radius 3 is 2.58 bits per heavy atom. The van der Waals surface area contributed by atoms with E-state index in [1.807, 2.05) is 13.8 Å². The highest BCUT2D eigenvalue weighted by Crippen LogP contribution is 2.09. The molecule has 1 fully saturated rings. The summed E-state index contributed by atoms with van der Waals surface area (Å²) in [5.74, 6) is 0. The second-order valence-corrected chi connectivity index (χ2v) is 2.83. The fourth-order valence-electron chi connectivity index (χ4n) is 1.27. The number of rotatable bonds is 3. The quantitative estimate of drug-likeness (QED) is 0.684. The minimum atomic E-state index is 0.438. The zero-order valence-electron chi connectivity index (χ0n) is 8.55. The van der Waals surface area contributed by atoms with Gasteiger partial charge in [0, 0.05) is 19.6 Å². The van der Waals surface area contributed by atoms with Crippen molar-refractivity contribution in [2.75, 3.05) is 33.3 Å². The summed E-state index contributed by atoms with van der Waals surface area (Å²) in [6, 6.07) is 0. The van der Waals surface area contributed by atoms with Gasteiger partial charge in [-0.25, -0.2) is 0 Å². The molecule has 0 aromatic rings. The number of likely N-dealkylation sites (N-methyl/N-ethyl adjacent to an activating group) is 1. The first-order valence-corrected chi connectivity index (χ1v) is 4.83. The lowest BCUT2D eigenvalue weighted by atomic mass is 10.3. The second-order valence-electron chi connectivity index (χ2n) is 2.83. The maximum atomic E-state index is 5.46. The highest BCUT2D eigenvalue weighted by atomic mass is 16.5. The summed E-state index contributed by atoms with van der Waals surface area (Å²) < 4.78 is 5.46. The SMILES string of the molecule is CC.CN1CCC(OCCN)C1. The third-order valence-corrected chi connectivity index (χ3v) is 1.82. The van der Waals surface area contributed by atoms with Gasteiger partial charge in [-0.15, -0.1) is 0 Å². The third kappa shape index (κ3) is 4.70. The van der Waals surface area contributed by atoms with Gasteiger partial charge in [0.1, 0.15) is 0 Å². The predicted molar refractivity (Wildman–Crippen MR) is 52.3 cm³/mol. The van der Waals surface area contributed by atoms with E-state index in [1.165, 1.54) is 0 Å². The van der Waals surface area contributed by atoms with E-state index in [2.05, 4.69) is 11.9 Å². The van der Waals surface area contributed by atoms with Crippen molar-refractivity contribution in [3.63, 3.8) is 0 Å². The normalized spacial score (nSPS) is 23.5. The number of hydrogen-bond acceptors (Lipinski definition) is 3. The third-order valence-electron chi connectivity index (χ3n) is 1.82. The van der Waals surface area contributed by atoms with Crippen LogP contribution in [-0.4, -0.2) is 44.3 Å². The van der Waals surface area contributed by atoms with E-state index in [9.17, 15) is 0 Å². The molecule has 1 heterocycles. The van der Waals surface area contributed by atoms with Crippen molar-refractivity contribution in [1.82, 2.24) is 4.90 Å². The van der Waals surface area contributed by atoms with Gasteiger partial charge >= 0.3 is 0 Å². The summed E-state index contributed by atoms with van der Waals surface area (Å²) in [5, 5.41) is 0. The van der Waals surface area contributed by atoms with Gasteiger partial charge in [-0.05, 0) is 13.5 Å². The lowest BCUT2D eigenvalue weighted by molar-refractivity contribution is 0.0666. The highest BCUT2D eigenvalue weighted by molar-refractivity contribution is 4.72. The van der Waals surface area contributed by atoms with Gasteiger partial charge in [0.25, 0.3) is 0 Å². The minimum absolute atomic E-state index is 0.438. The van der Waals surface area contributed by atoms with Crippen LogP contribution in [0.3, 0.4) is 0 Å². The maximum Gasteiger partial charge on any atom is 0.0714 e. The molecule has 0 bridgehead atoms. The van der Waals surface area contributed by atoms with Crippen LogP contribution < -0.4 is 5.73 Å². The van der Waals surface area contributed by atoms with E-state index in [0.29, 0.717) is 19.3 Å². The zero-order valence-corrected chi connectivity index (χ0v) is 8.55. The van der Waals surface area contributed by atoms with Crippen LogP contribution in [0.25, 0.3) is 0 Å². The van der Waals surface area contributed by atoms with Crippen molar-refractivity contribution < 1.29 is 4.74 Å². The minimum Gasteiger partial charge on any atom is -0.376 e. The van der Waals surface area contributed by atoms with Gasteiger partial charge in [0.15, 0.2) is 0 Å². The Kier molecular flexibility index (Phi) is 7.45. The van der Waals surface area contributed by atoms with Crippen LogP contribution in [0.4, 0.5) is 0 Å². The second kappa shape index (κ2) is 7.53. The van der Waals surface area contributed by atoms with Gasteiger partial charge in [0.05, 0.1) is 12.7 Å². The summed E-state index contributed by atoms with van der Waals surface area (Å²) in [7, 11) is 2.12. The molecular weight excluding hydrogens is 152 g/mol. The fourth-order valence-corrected chi connectivity index (χ4v) is 1.27. The van der Waals surface area contributed by atoms with E-state index < -0.39 is 0 Å². The Labute approximate surface area is 75.9 Å². The van der Waals surface area contributed by atoms with E-state index in [1.54, 1.807) is 0 Å². The van der Waals surface area contributed by atoms with Crippen LogP contribution in [-0.2, 0) is 4.74 Å². The van der Waals surface area contributed by atoms with Crippen LogP contribution in [0.2, 0.25) is 0 Å². The van der Waals surface area contributed by atoms with Gasteiger partial charge in [-0.3, -0.25) is 0 Å². The van der Waals surface area contributed by atoms with Crippen molar-refractivity contribution in [3.05, 3.63) is 0 Å². The van der Waals surface area contributed by atoms with Crippen LogP contribution in [0.15, 0.2) is 0 Å². The smallest absolute Gasteiger partial charge is 0.0714 e. The molecule has 3 heteroatoms. The number of nitrogens with zero attached hydrogens (tertiary/aromatic N) is 1. The summed E-state index contributed by atoms with van der Waals surface area (Å²) in [6.45, 7) is 7.58. The lowest BCUT2D eigenvalue weighted by Gasteiger charge is -2.10. The maximum absolute atomic E-state index is 5.46. The van der Waals surface area contributed by atoms with Gasteiger partial charge in [-0.1, -0.05) is 13.8 Å². The lowest BCUT2D eigenvalue weighted by Crippen LogP contribution is -2.21. The molecule has 0 radical (unpaired) electrons. The standard InChI is InChI=1S/C7H16N2O.C2H6/c1-9-4-2-7(6-9)10-5-3-8;1-2/h7H,2-6,8H2,1H3;1-2H3. The van der Waals surface area contributed by atoms with Crippen molar-refractivity contribution >= 4 is 0 Å². The molecule has 0 spiro atoms. The molecular formula is C9H22N2O.